The van der Waals surface area contributed by atoms with E-state index in [1.807, 2.05) is 44.4 Å². The molecule has 23 heavy (non-hydrogen) atoms. The molecule has 0 aliphatic carbocycles. The van der Waals surface area contributed by atoms with Crippen molar-refractivity contribution in [1.29, 1.82) is 0 Å². The number of hydrogen-bond donors (Lipinski definition) is 1. The second-order valence-electron chi connectivity index (χ2n) is 5.66. The Morgan fingerprint density at radius 1 is 1.43 bits per heavy atom. The van der Waals surface area contributed by atoms with Crippen LogP contribution in [-0.2, 0) is 20.0 Å². The van der Waals surface area contributed by atoms with Gasteiger partial charge in [0, 0.05) is 38.4 Å². The maximum Gasteiger partial charge on any atom is 0.317 e. The molecule has 1 atom stereocenters. The number of benzene rings is 1. The van der Waals surface area contributed by atoms with Crippen molar-refractivity contribution >= 4 is 6.03 Å². The number of urea groups is 1. The Hall–Kier alpha value is -2.50. The molecule has 0 saturated heterocycles. The smallest absolute Gasteiger partial charge is 0.317 e. The van der Waals surface area contributed by atoms with Crippen LogP contribution in [0.25, 0.3) is 0 Å². The van der Waals surface area contributed by atoms with E-state index in [0.29, 0.717) is 6.54 Å². The second kappa shape index (κ2) is 7.67. The molecule has 2 amide bonds. The van der Waals surface area contributed by atoms with Gasteiger partial charge in [-0.25, -0.2) is 4.79 Å². The summed E-state index contributed by atoms with van der Waals surface area (Å²) in [6, 6.07) is 7.84. The van der Waals surface area contributed by atoms with Gasteiger partial charge in [0.25, 0.3) is 0 Å². The lowest BCUT2D eigenvalue weighted by Gasteiger charge is -2.25. The number of para-hydroxylation sites is 1. The third-order valence-electron chi connectivity index (χ3n) is 3.89. The Labute approximate surface area is 137 Å². The first-order chi connectivity index (χ1) is 11.0. The summed E-state index contributed by atoms with van der Waals surface area (Å²) in [5, 5.41) is 7.00. The number of ether oxygens (including phenoxy) is 1. The lowest BCUT2D eigenvalue weighted by atomic mass is 10.1. The highest BCUT2D eigenvalue weighted by Gasteiger charge is 2.17. The third kappa shape index (κ3) is 4.48. The molecule has 6 heteroatoms. The Balaban J connectivity index is 1.90. The molecule has 0 aliphatic rings. The van der Waals surface area contributed by atoms with Crippen molar-refractivity contribution < 1.29 is 9.53 Å². The van der Waals surface area contributed by atoms with Gasteiger partial charge >= 0.3 is 6.03 Å². The zero-order chi connectivity index (χ0) is 16.8. The van der Waals surface area contributed by atoms with Gasteiger partial charge in [-0.2, -0.15) is 5.10 Å². The van der Waals surface area contributed by atoms with E-state index in [1.54, 1.807) is 29.9 Å². The summed E-state index contributed by atoms with van der Waals surface area (Å²) in [5.74, 6) is 0.850. The summed E-state index contributed by atoms with van der Waals surface area (Å²) >= 11 is 0. The number of aromatic nitrogens is 2. The Bertz CT molecular complexity index is 654. The highest BCUT2D eigenvalue weighted by molar-refractivity contribution is 5.74. The van der Waals surface area contributed by atoms with Gasteiger partial charge in [0.1, 0.15) is 5.75 Å². The van der Waals surface area contributed by atoms with Crippen LogP contribution in [0.15, 0.2) is 36.7 Å². The molecule has 0 aliphatic heterocycles. The Morgan fingerprint density at radius 3 is 2.83 bits per heavy atom. The number of nitrogens with one attached hydrogen (secondary N) is 1. The Kier molecular flexibility index (Phi) is 5.62. The van der Waals surface area contributed by atoms with Crippen LogP contribution in [0.5, 0.6) is 5.75 Å². The van der Waals surface area contributed by atoms with Gasteiger partial charge in [0.05, 0.1) is 13.3 Å². The van der Waals surface area contributed by atoms with Gasteiger partial charge in [0.2, 0.25) is 0 Å². The fourth-order valence-corrected chi connectivity index (χ4v) is 2.39. The van der Waals surface area contributed by atoms with E-state index in [-0.39, 0.29) is 12.1 Å². The molecule has 1 heterocycles. The minimum Gasteiger partial charge on any atom is -0.496 e. The highest BCUT2D eigenvalue weighted by atomic mass is 16.5. The molecule has 124 valence electrons. The Morgan fingerprint density at radius 2 is 2.17 bits per heavy atom. The van der Waals surface area contributed by atoms with Crippen LogP contribution in [0.1, 0.15) is 18.1 Å². The fraction of sp³-hybridized carbons (Fsp3) is 0.412. The predicted octanol–water partition coefficient (Wildman–Crippen LogP) is 2.20. The SMILES string of the molecule is COc1ccccc1C[C@@H](C)N(C)C(=O)NCc1cnn(C)c1. The maximum absolute atomic E-state index is 12.3. The third-order valence-corrected chi connectivity index (χ3v) is 3.89. The van der Waals surface area contributed by atoms with Crippen molar-refractivity contribution in [2.24, 2.45) is 7.05 Å². The fourth-order valence-electron chi connectivity index (χ4n) is 2.39. The van der Waals surface area contributed by atoms with Crippen LogP contribution in [0.4, 0.5) is 4.79 Å². The molecular formula is C17H24N4O2. The highest BCUT2D eigenvalue weighted by Crippen LogP contribution is 2.20. The van der Waals surface area contributed by atoms with Gasteiger partial charge in [-0.05, 0) is 25.0 Å². The summed E-state index contributed by atoms with van der Waals surface area (Å²) in [5.41, 5.74) is 2.07. The minimum absolute atomic E-state index is 0.0557. The molecule has 0 spiro atoms. The molecule has 1 N–H and O–H groups in total. The summed E-state index contributed by atoms with van der Waals surface area (Å²) in [7, 11) is 5.32. The van der Waals surface area contributed by atoms with Gasteiger partial charge in [-0.3, -0.25) is 4.68 Å². The van der Waals surface area contributed by atoms with Crippen molar-refractivity contribution in [3.8, 4) is 5.75 Å². The predicted molar refractivity (Wildman–Crippen MR) is 89.4 cm³/mol. The largest absolute Gasteiger partial charge is 0.496 e. The number of hydrogen-bond acceptors (Lipinski definition) is 3. The molecule has 0 unspecified atom stereocenters. The molecule has 2 rings (SSSR count). The van der Waals surface area contributed by atoms with E-state index in [0.717, 1.165) is 23.3 Å². The minimum atomic E-state index is -0.101. The summed E-state index contributed by atoms with van der Waals surface area (Å²) in [6.07, 6.45) is 4.37. The van der Waals surface area contributed by atoms with Gasteiger partial charge in [-0.1, -0.05) is 18.2 Å². The monoisotopic (exact) mass is 316 g/mol. The first-order valence-electron chi connectivity index (χ1n) is 7.61. The number of nitrogens with zero attached hydrogens (tertiary/aromatic N) is 3. The van der Waals surface area contributed by atoms with E-state index in [1.165, 1.54) is 0 Å². The molecule has 0 radical (unpaired) electrons. The summed E-state index contributed by atoms with van der Waals surface area (Å²) < 4.78 is 7.08. The van der Waals surface area contributed by atoms with E-state index in [2.05, 4.69) is 10.4 Å². The number of aryl methyl sites for hydroxylation is 1. The first-order valence-corrected chi connectivity index (χ1v) is 7.61. The van der Waals surface area contributed by atoms with Crippen LogP contribution >= 0.6 is 0 Å². The van der Waals surface area contributed by atoms with Crippen LogP contribution < -0.4 is 10.1 Å². The molecule has 0 saturated carbocycles. The van der Waals surface area contributed by atoms with Crippen molar-refractivity contribution in [2.45, 2.75) is 25.9 Å². The molecule has 0 bridgehead atoms. The zero-order valence-corrected chi connectivity index (χ0v) is 14.1. The molecule has 0 fully saturated rings. The lowest BCUT2D eigenvalue weighted by molar-refractivity contribution is 0.193. The number of amides is 2. The number of carbonyl (C=O) groups is 1. The standard InChI is InChI=1S/C17H24N4O2/c1-13(9-15-7-5-6-8-16(15)23-4)21(3)17(22)18-10-14-11-19-20(2)12-14/h5-8,11-13H,9-10H2,1-4H3,(H,18,22)/t13-/m1/s1. The molecule has 1 aromatic carbocycles. The molecule has 2 aromatic rings. The number of rotatable bonds is 6. The number of methoxy groups -OCH3 is 1. The van der Waals surface area contributed by atoms with Crippen LogP contribution in [0, 0.1) is 0 Å². The van der Waals surface area contributed by atoms with E-state index in [9.17, 15) is 4.79 Å². The maximum atomic E-state index is 12.3. The van der Waals surface area contributed by atoms with Gasteiger partial charge in [-0.15, -0.1) is 0 Å². The molecule has 6 nitrogen and oxygen atoms in total. The van der Waals surface area contributed by atoms with Gasteiger partial charge < -0.3 is 15.0 Å². The lowest BCUT2D eigenvalue weighted by Crippen LogP contribution is -2.43. The number of carbonyl (C=O) groups excluding carboxylic acids is 1. The van der Waals surface area contributed by atoms with Crippen LogP contribution in [0.3, 0.4) is 0 Å². The quantitative estimate of drug-likeness (QED) is 0.889. The van der Waals surface area contributed by atoms with Crippen molar-refractivity contribution in [3.63, 3.8) is 0 Å². The average Bonchev–Trinajstić information content (AvgIpc) is 2.97. The van der Waals surface area contributed by atoms with Gasteiger partial charge in [0.15, 0.2) is 0 Å². The number of likely N-dealkylation sites (N-methyl/N-ethyl adjacent to an activating group) is 1. The van der Waals surface area contributed by atoms with Crippen LogP contribution in [0.2, 0.25) is 0 Å². The van der Waals surface area contributed by atoms with Crippen molar-refractivity contribution in [1.82, 2.24) is 20.0 Å². The van der Waals surface area contributed by atoms with E-state index in [4.69, 9.17) is 4.74 Å². The van der Waals surface area contributed by atoms with E-state index >= 15 is 0 Å². The first kappa shape index (κ1) is 16.9. The zero-order valence-electron chi connectivity index (χ0n) is 14.1. The summed E-state index contributed by atoms with van der Waals surface area (Å²) in [6.45, 7) is 2.49. The van der Waals surface area contributed by atoms with E-state index < -0.39 is 0 Å². The van der Waals surface area contributed by atoms with Crippen molar-refractivity contribution in [2.75, 3.05) is 14.2 Å². The van der Waals surface area contributed by atoms with Crippen LogP contribution in [-0.4, -0.2) is 40.9 Å². The van der Waals surface area contributed by atoms with Crippen molar-refractivity contribution in [3.05, 3.63) is 47.8 Å². The molecular weight excluding hydrogens is 292 g/mol. The second-order valence-corrected chi connectivity index (χ2v) is 5.66. The topological polar surface area (TPSA) is 59.4 Å². The average molecular weight is 316 g/mol. The molecule has 1 aromatic heterocycles. The summed E-state index contributed by atoms with van der Waals surface area (Å²) in [4.78, 5) is 14.0. The normalized spacial score (nSPS) is 11.8.